The van der Waals surface area contributed by atoms with E-state index in [9.17, 15) is 4.79 Å². The van der Waals surface area contributed by atoms with Gasteiger partial charge in [-0.3, -0.25) is 4.79 Å². The molecule has 1 unspecified atom stereocenters. The average molecular weight is 253 g/mol. The summed E-state index contributed by atoms with van der Waals surface area (Å²) in [6.07, 6.45) is 5.09. The molecule has 1 aliphatic heterocycles. The van der Waals surface area contributed by atoms with E-state index in [1.54, 1.807) is 0 Å². The number of rotatable bonds is 1. The first-order valence-electron chi connectivity index (χ1n) is 7.32. The van der Waals surface area contributed by atoms with Gasteiger partial charge in [-0.15, -0.1) is 0 Å². The molecule has 0 aromatic heterocycles. The predicted octanol–water partition coefficient (Wildman–Crippen LogP) is 1.06. The molecule has 1 amide bonds. The number of amides is 1. The van der Waals surface area contributed by atoms with E-state index in [0.717, 1.165) is 51.7 Å². The molecule has 4 nitrogen and oxygen atoms in total. The van der Waals surface area contributed by atoms with Gasteiger partial charge in [0, 0.05) is 31.1 Å². The fourth-order valence-corrected chi connectivity index (χ4v) is 3.30. The lowest BCUT2D eigenvalue weighted by atomic mass is 9.85. The highest BCUT2D eigenvalue weighted by Crippen LogP contribution is 2.26. The Hall–Kier alpha value is -0.610. The van der Waals surface area contributed by atoms with Crippen LogP contribution in [-0.2, 0) is 4.79 Å². The summed E-state index contributed by atoms with van der Waals surface area (Å²) in [6, 6.07) is 0.669. The second kappa shape index (κ2) is 6.02. The van der Waals surface area contributed by atoms with Crippen molar-refractivity contribution in [1.29, 1.82) is 0 Å². The molecule has 1 atom stereocenters. The number of nitrogens with zero attached hydrogens (tertiary/aromatic N) is 2. The molecule has 0 radical (unpaired) electrons. The minimum atomic E-state index is 0.232. The van der Waals surface area contributed by atoms with Crippen LogP contribution in [0.2, 0.25) is 0 Å². The van der Waals surface area contributed by atoms with Crippen LogP contribution < -0.4 is 5.73 Å². The first-order chi connectivity index (χ1) is 8.58. The zero-order valence-corrected chi connectivity index (χ0v) is 11.8. The number of nitrogens with two attached hydrogens (primary N) is 1. The van der Waals surface area contributed by atoms with E-state index < -0.39 is 0 Å². The molecule has 0 aromatic carbocycles. The third kappa shape index (κ3) is 3.23. The minimum absolute atomic E-state index is 0.232. The summed E-state index contributed by atoms with van der Waals surface area (Å²) in [5.41, 5.74) is 5.91. The zero-order chi connectivity index (χ0) is 13.1. The Labute approximate surface area is 110 Å². The van der Waals surface area contributed by atoms with Gasteiger partial charge in [0.1, 0.15) is 0 Å². The number of carbonyl (C=O) groups is 1. The lowest BCUT2D eigenvalue weighted by Gasteiger charge is -2.34. The molecule has 1 aliphatic carbocycles. The summed E-state index contributed by atoms with van der Waals surface area (Å²) in [5.74, 6) is 0.611. The molecular formula is C14H27N3O. The highest BCUT2D eigenvalue weighted by molar-refractivity contribution is 5.79. The highest BCUT2D eigenvalue weighted by Gasteiger charge is 2.31. The standard InChI is InChI=1S/C14H27N3O/c1-11-10-16(2)8-3-9-17(11)14(18)12-4-6-13(15)7-5-12/h11-13H,3-10,15H2,1-2H3. The van der Waals surface area contributed by atoms with Crippen LogP contribution in [0.1, 0.15) is 39.0 Å². The second-order valence-electron chi connectivity index (χ2n) is 6.11. The van der Waals surface area contributed by atoms with Crippen LogP contribution in [0, 0.1) is 5.92 Å². The van der Waals surface area contributed by atoms with Crippen LogP contribution >= 0.6 is 0 Å². The van der Waals surface area contributed by atoms with Crippen molar-refractivity contribution in [3.63, 3.8) is 0 Å². The fraction of sp³-hybridized carbons (Fsp3) is 0.929. The number of hydrogen-bond donors (Lipinski definition) is 1. The molecule has 2 N–H and O–H groups in total. The first-order valence-corrected chi connectivity index (χ1v) is 7.32. The van der Waals surface area contributed by atoms with Gasteiger partial charge in [0.05, 0.1) is 0 Å². The monoisotopic (exact) mass is 253 g/mol. The zero-order valence-electron chi connectivity index (χ0n) is 11.8. The molecule has 1 saturated carbocycles. The van der Waals surface area contributed by atoms with Crippen LogP contribution in [0.4, 0.5) is 0 Å². The smallest absolute Gasteiger partial charge is 0.225 e. The lowest BCUT2D eigenvalue weighted by Crippen LogP contribution is -2.46. The summed E-state index contributed by atoms with van der Waals surface area (Å²) < 4.78 is 0. The fourth-order valence-electron chi connectivity index (χ4n) is 3.30. The van der Waals surface area contributed by atoms with E-state index in [1.807, 2.05) is 0 Å². The predicted molar refractivity (Wildman–Crippen MR) is 73.2 cm³/mol. The molecule has 0 bridgehead atoms. The van der Waals surface area contributed by atoms with E-state index >= 15 is 0 Å². The average Bonchev–Trinajstić information content (AvgIpc) is 2.50. The number of carbonyl (C=O) groups excluding carboxylic acids is 1. The maximum absolute atomic E-state index is 12.6. The van der Waals surface area contributed by atoms with Gasteiger partial charge in [0.2, 0.25) is 5.91 Å². The SMILES string of the molecule is CC1CN(C)CCCN1C(=O)C1CCC(N)CC1. The Bertz CT molecular complexity index is 287. The van der Waals surface area contributed by atoms with Crippen molar-refractivity contribution in [1.82, 2.24) is 9.80 Å². The van der Waals surface area contributed by atoms with Gasteiger partial charge in [-0.05, 0) is 52.6 Å². The summed E-state index contributed by atoms with van der Waals surface area (Å²) in [7, 11) is 2.14. The summed E-state index contributed by atoms with van der Waals surface area (Å²) in [6.45, 7) is 5.20. The summed E-state index contributed by atoms with van der Waals surface area (Å²) >= 11 is 0. The van der Waals surface area contributed by atoms with Gasteiger partial charge in [-0.1, -0.05) is 0 Å². The maximum Gasteiger partial charge on any atom is 0.225 e. The van der Waals surface area contributed by atoms with Gasteiger partial charge >= 0.3 is 0 Å². The molecule has 0 spiro atoms. The molecule has 1 saturated heterocycles. The van der Waals surface area contributed by atoms with Crippen LogP contribution in [0.3, 0.4) is 0 Å². The second-order valence-corrected chi connectivity index (χ2v) is 6.11. The van der Waals surface area contributed by atoms with Crippen molar-refractivity contribution in [3.05, 3.63) is 0 Å². The molecule has 2 rings (SSSR count). The van der Waals surface area contributed by atoms with E-state index in [4.69, 9.17) is 5.73 Å². The Morgan fingerprint density at radius 2 is 1.83 bits per heavy atom. The van der Waals surface area contributed by atoms with Gasteiger partial charge in [0.25, 0.3) is 0 Å². The summed E-state index contributed by atoms with van der Waals surface area (Å²) in [4.78, 5) is 17.0. The Kier molecular flexibility index (Phi) is 4.62. The highest BCUT2D eigenvalue weighted by atomic mass is 16.2. The van der Waals surface area contributed by atoms with E-state index in [2.05, 4.69) is 23.8 Å². The Morgan fingerprint density at radius 3 is 2.50 bits per heavy atom. The molecule has 2 fully saturated rings. The van der Waals surface area contributed by atoms with Crippen molar-refractivity contribution in [3.8, 4) is 0 Å². The van der Waals surface area contributed by atoms with Gasteiger partial charge in [0.15, 0.2) is 0 Å². The quantitative estimate of drug-likeness (QED) is 0.760. The topological polar surface area (TPSA) is 49.6 Å². The Morgan fingerprint density at radius 1 is 1.17 bits per heavy atom. The van der Waals surface area contributed by atoms with Crippen LogP contribution in [0.15, 0.2) is 0 Å². The maximum atomic E-state index is 12.6. The molecule has 1 heterocycles. The van der Waals surface area contributed by atoms with E-state index in [0.29, 0.717) is 18.0 Å². The lowest BCUT2D eigenvalue weighted by molar-refractivity contribution is -0.138. The molecule has 104 valence electrons. The molecule has 0 aromatic rings. The van der Waals surface area contributed by atoms with E-state index in [-0.39, 0.29) is 5.92 Å². The molecule has 18 heavy (non-hydrogen) atoms. The number of hydrogen-bond acceptors (Lipinski definition) is 3. The van der Waals surface area contributed by atoms with Gasteiger partial charge in [-0.25, -0.2) is 0 Å². The number of likely N-dealkylation sites (N-methyl/N-ethyl adjacent to an activating group) is 1. The normalized spacial score (nSPS) is 35.3. The van der Waals surface area contributed by atoms with Crippen molar-refractivity contribution in [2.75, 3.05) is 26.7 Å². The Balaban J connectivity index is 1.94. The van der Waals surface area contributed by atoms with E-state index in [1.165, 1.54) is 0 Å². The largest absolute Gasteiger partial charge is 0.338 e. The summed E-state index contributed by atoms with van der Waals surface area (Å²) in [5, 5.41) is 0. The van der Waals surface area contributed by atoms with Crippen molar-refractivity contribution in [2.24, 2.45) is 11.7 Å². The van der Waals surface area contributed by atoms with Crippen molar-refractivity contribution in [2.45, 2.75) is 51.1 Å². The minimum Gasteiger partial charge on any atom is -0.338 e. The molecular weight excluding hydrogens is 226 g/mol. The van der Waals surface area contributed by atoms with Gasteiger partial charge < -0.3 is 15.5 Å². The van der Waals surface area contributed by atoms with Gasteiger partial charge in [-0.2, -0.15) is 0 Å². The molecule has 2 aliphatic rings. The van der Waals surface area contributed by atoms with Crippen LogP contribution in [0.25, 0.3) is 0 Å². The third-order valence-electron chi connectivity index (χ3n) is 4.45. The first kappa shape index (κ1) is 13.8. The van der Waals surface area contributed by atoms with Crippen molar-refractivity contribution >= 4 is 5.91 Å². The molecule has 4 heteroatoms. The van der Waals surface area contributed by atoms with Crippen LogP contribution in [-0.4, -0.2) is 54.5 Å². The van der Waals surface area contributed by atoms with Crippen molar-refractivity contribution < 1.29 is 4.79 Å². The third-order valence-corrected chi connectivity index (χ3v) is 4.45. The van der Waals surface area contributed by atoms with Crippen LogP contribution in [0.5, 0.6) is 0 Å².